The van der Waals surface area contributed by atoms with E-state index in [1.165, 1.54) is 4.31 Å². The highest BCUT2D eigenvalue weighted by Crippen LogP contribution is 2.19. The molecule has 1 aliphatic heterocycles. The average Bonchev–Trinajstić information content (AvgIpc) is 2.90. The quantitative estimate of drug-likeness (QED) is 0.462. The van der Waals surface area contributed by atoms with Crippen LogP contribution in [0.2, 0.25) is 0 Å². The number of benzene rings is 2. The number of morpholine rings is 1. The highest BCUT2D eigenvalue weighted by Gasteiger charge is 2.27. The Labute approximate surface area is 235 Å². The summed E-state index contributed by atoms with van der Waals surface area (Å²) >= 11 is 0. The maximum atomic E-state index is 11.7. The molecule has 2 aromatic rings. The Bertz CT molecular complexity index is 1330. The number of hydrogen-bond acceptors (Lipinski definition) is 8. The molecule has 0 amide bonds. The Hall–Kier alpha value is -1.99. The second-order valence-corrected chi connectivity index (χ2v) is 17.3. The molecule has 0 spiro atoms. The maximum Gasteiger partial charge on any atom is 0.216 e. The Balaban J connectivity index is 0.000000293. The molecule has 12 heteroatoms. The largest absolute Gasteiger partial charge is 0.497 e. The first-order chi connectivity index (χ1) is 18.0. The number of nitrogens with zero attached hydrogens (tertiary/aromatic N) is 1. The van der Waals surface area contributed by atoms with Crippen LogP contribution < -0.4 is 4.74 Å². The van der Waals surface area contributed by atoms with Gasteiger partial charge in [0.15, 0.2) is 19.7 Å². The molecule has 0 aromatic heterocycles. The summed E-state index contributed by atoms with van der Waals surface area (Å²) in [6.07, 6.45) is 0. The fourth-order valence-electron chi connectivity index (χ4n) is 3.14. The Morgan fingerprint density at radius 2 is 1.05 bits per heavy atom. The molecule has 2 aromatic carbocycles. The van der Waals surface area contributed by atoms with E-state index >= 15 is 0 Å². The lowest BCUT2D eigenvalue weighted by Crippen LogP contribution is -2.43. The summed E-state index contributed by atoms with van der Waals surface area (Å²) in [6.45, 7) is 14.1. The number of aryl methyl sites for hydroxylation is 1. The van der Waals surface area contributed by atoms with Gasteiger partial charge in [0, 0.05) is 13.1 Å². The molecule has 0 aliphatic carbocycles. The zero-order chi connectivity index (χ0) is 30.0. The number of sulfone groups is 2. The molecule has 0 N–H and O–H groups in total. The third kappa shape index (κ3) is 10.2. The van der Waals surface area contributed by atoms with Crippen molar-refractivity contribution in [2.24, 2.45) is 0 Å². The molecule has 0 unspecified atom stereocenters. The molecule has 39 heavy (non-hydrogen) atoms. The number of rotatable bonds is 7. The van der Waals surface area contributed by atoms with Gasteiger partial charge in [-0.1, -0.05) is 17.7 Å². The van der Waals surface area contributed by atoms with E-state index in [0.29, 0.717) is 41.8 Å². The van der Waals surface area contributed by atoms with Gasteiger partial charge in [-0.25, -0.2) is 25.3 Å². The van der Waals surface area contributed by atoms with Gasteiger partial charge in [-0.3, -0.25) is 0 Å². The number of hydrogen-bond donors (Lipinski definition) is 0. The first-order valence-electron chi connectivity index (χ1n) is 12.7. The molecule has 1 saturated heterocycles. The van der Waals surface area contributed by atoms with Gasteiger partial charge < -0.3 is 9.47 Å². The highest BCUT2D eigenvalue weighted by molar-refractivity contribution is 7.92. The van der Waals surface area contributed by atoms with E-state index in [0.717, 1.165) is 5.56 Å². The van der Waals surface area contributed by atoms with E-state index in [4.69, 9.17) is 9.47 Å². The summed E-state index contributed by atoms with van der Waals surface area (Å²) in [4.78, 5) is 0.751. The molecule has 1 fully saturated rings. The third-order valence-electron chi connectivity index (χ3n) is 5.90. The lowest BCUT2D eigenvalue weighted by atomic mass is 10.2. The Kier molecular flexibility index (Phi) is 13.6. The normalized spacial score (nSPS) is 14.8. The lowest BCUT2D eigenvalue weighted by molar-refractivity contribution is 0.0727. The number of sulfonamides is 1. The topological polar surface area (TPSA) is 124 Å². The van der Waals surface area contributed by atoms with Gasteiger partial charge in [0.05, 0.1) is 45.9 Å². The third-order valence-corrected chi connectivity index (χ3v) is 12.5. The molecule has 1 aliphatic rings. The standard InChI is InChI=1S/C10H14O3S.C10H14O2S.C7H15NO3S/c1-8(2)14(11,12)10-6-4-9(13-3)5-7-10;1-8(2)13(11,12)10-6-4-9(3)5-7-10;1-7(2)12(9,10)8-3-5-11-6-4-8/h4-8H,1-3H3;4-8H,1-3H3;7H,3-6H2,1-2H3. The fraction of sp³-hybridized carbons (Fsp3) is 0.556. The Morgan fingerprint density at radius 1 is 0.667 bits per heavy atom. The summed E-state index contributed by atoms with van der Waals surface area (Å²) < 4.78 is 81.3. The van der Waals surface area contributed by atoms with Crippen molar-refractivity contribution in [1.82, 2.24) is 4.31 Å². The minimum atomic E-state index is -3.16. The minimum Gasteiger partial charge on any atom is -0.497 e. The van der Waals surface area contributed by atoms with Crippen molar-refractivity contribution in [2.75, 3.05) is 33.4 Å². The second kappa shape index (κ2) is 15.1. The van der Waals surface area contributed by atoms with Gasteiger partial charge in [-0.05, 0) is 84.9 Å². The van der Waals surface area contributed by atoms with Crippen LogP contribution in [0.3, 0.4) is 0 Å². The number of ether oxygens (including phenoxy) is 2. The molecular weight excluding hydrogens is 562 g/mol. The lowest BCUT2D eigenvalue weighted by Gasteiger charge is -2.27. The Morgan fingerprint density at radius 3 is 1.38 bits per heavy atom. The average molecular weight is 606 g/mol. The van der Waals surface area contributed by atoms with Crippen LogP contribution in [0.4, 0.5) is 0 Å². The van der Waals surface area contributed by atoms with Crippen LogP contribution in [0.25, 0.3) is 0 Å². The van der Waals surface area contributed by atoms with Crippen LogP contribution >= 0.6 is 0 Å². The van der Waals surface area contributed by atoms with E-state index in [1.807, 2.05) is 19.1 Å². The van der Waals surface area contributed by atoms with E-state index in [-0.39, 0.29) is 10.5 Å². The summed E-state index contributed by atoms with van der Waals surface area (Å²) in [6, 6.07) is 13.4. The van der Waals surface area contributed by atoms with Gasteiger partial charge in [0.25, 0.3) is 0 Å². The van der Waals surface area contributed by atoms with Gasteiger partial charge in [-0.15, -0.1) is 0 Å². The molecular formula is C27H43NO8S3. The fourth-order valence-corrected chi connectivity index (χ4v) is 6.51. The van der Waals surface area contributed by atoms with E-state index in [2.05, 4.69) is 0 Å². The van der Waals surface area contributed by atoms with Gasteiger partial charge in [0.1, 0.15) is 5.75 Å². The van der Waals surface area contributed by atoms with Gasteiger partial charge in [-0.2, -0.15) is 4.31 Å². The van der Waals surface area contributed by atoms with Crippen LogP contribution in [-0.2, 0) is 34.4 Å². The molecule has 0 saturated carbocycles. The van der Waals surface area contributed by atoms with Crippen LogP contribution in [0.5, 0.6) is 5.75 Å². The minimum absolute atomic E-state index is 0.324. The van der Waals surface area contributed by atoms with E-state index < -0.39 is 34.9 Å². The second-order valence-electron chi connectivity index (χ2n) is 9.78. The molecule has 222 valence electrons. The van der Waals surface area contributed by atoms with Crippen molar-refractivity contribution in [2.45, 2.75) is 74.0 Å². The smallest absolute Gasteiger partial charge is 0.216 e. The maximum absolute atomic E-state index is 11.7. The first-order valence-corrected chi connectivity index (χ1v) is 17.3. The SMILES string of the molecule is CC(C)S(=O)(=O)N1CCOCC1.COc1ccc(S(=O)(=O)C(C)C)cc1.Cc1ccc(S(=O)(=O)C(C)C)cc1. The molecule has 0 atom stereocenters. The van der Waals surface area contributed by atoms with Crippen molar-refractivity contribution in [3.8, 4) is 5.75 Å². The summed E-state index contributed by atoms with van der Waals surface area (Å²) in [7, 11) is -7.75. The van der Waals surface area contributed by atoms with Crippen molar-refractivity contribution in [3.63, 3.8) is 0 Å². The molecule has 0 radical (unpaired) electrons. The summed E-state index contributed by atoms with van der Waals surface area (Å²) in [5.41, 5.74) is 1.07. The van der Waals surface area contributed by atoms with Crippen molar-refractivity contribution in [3.05, 3.63) is 54.1 Å². The van der Waals surface area contributed by atoms with Gasteiger partial charge in [0.2, 0.25) is 10.0 Å². The van der Waals surface area contributed by atoms with Crippen LogP contribution in [0.1, 0.15) is 47.1 Å². The zero-order valence-electron chi connectivity index (χ0n) is 24.1. The summed E-state index contributed by atoms with van der Waals surface area (Å²) in [5, 5.41) is -1.07. The van der Waals surface area contributed by atoms with Gasteiger partial charge >= 0.3 is 0 Å². The highest BCUT2D eigenvalue weighted by atomic mass is 32.2. The molecule has 9 nitrogen and oxygen atoms in total. The van der Waals surface area contributed by atoms with Crippen LogP contribution in [-0.4, -0.2) is 78.7 Å². The molecule has 1 heterocycles. The first kappa shape index (κ1) is 35.0. The predicted octanol–water partition coefficient (Wildman–Crippen LogP) is 4.11. The van der Waals surface area contributed by atoms with E-state index in [9.17, 15) is 25.3 Å². The van der Waals surface area contributed by atoms with Crippen molar-refractivity contribution < 1.29 is 34.7 Å². The number of methoxy groups -OCH3 is 1. The predicted molar refractivity (Wildman–Crippen MR) is 155 cm³/mol. The zero-order valence-corrected chi connectivity index (χ0v) is 26.6. The molecule has 0 bridgehead atoms. The monoisotopic (exact) mass is 605 g/mol. The van der Waals surface area contributed by atoms with Crippen molar-refractivity contribution in [1.29, 1.82) is 0 Å². The van der Waals surface area contributed by atoms with Crippen molar-refractivity contribution >= 4 is 29.7 Å². The van der Waals surface area contributed by atoms with E-state index in [1.54, 1.807) is 85.1 Å². The van der Waals surface area contributed by atoms with Crippen LogP contribution in [0.15, 0.2) is 58.3 Å². The summed E-state index contributed by atoms with van der Waals surface area (Å²) in [5.74, 6) is 0.660. The van der Waals surface area contributed by atoms with Crippen LogP contribution in [0, 0.1) is 6.92 Å². The molecule has 3 rings (SSSR count).